The lowest BCUT2D eigenvalue weighted by atomic mass is 10.1. The van der Waals surface area contributed by atoms with Gasteiger partial charge in [-0.3, -0.25) is 0 Å². The molecule has 114 valence electrons. The van der Waals surface area contributed by atoms with Gasteiger partial charge >= 0.3 is 0 Å². The molecule has 2 N–H and O–H groups in total. The number of aromatic nitrogens is 1. The first-order valence-electron chi connectivity index (χ1n) is 7.52. The predicted molar refractivity (Wildman–Crippen MR) is 85.0 cm³/mol. The monoisotopic (exact) mass is 279 g/mol. The average Bonchev–Trinajstić information content (AvgIpc) is 2.41. The van der Waals surface area contributed by atoms with Crippen LogP contribution in [-0.2, 0) is 6.54 Å². The van der Waals surface area contributed by atoms with Crippen LogP contribution in [0, 0.1) is 0 Å². The number of pyridine rings is 1. The molecule has 1 aromatic heterocycles. The van der Waals surface area contributed by atoms with E-state index in [4.69, 9.17) is 0 Å². The molecule has 0 spiro atoms. The largest absolute Gasteiger partial charge is 0.395 e. The number of unbranched alkanes of at least 4 members (excludes halogenated alkanes) is 1. The van der Waals surface area contributed by atoms with Gasteiger partial charge in [-0.15, -0.1) is 0 Å². The van der Waals surface area contributed by atoms with Crippen LogP contribution in [-0.4, -0.2) is 35.3 Å². The lowest BCUT2D eigenvalue weighted by Gasteiger charge is -2.27. The van der Waals surface area contributed by atoms with Gasteiger partial charge in [0, 0.05) is 36.9 Å². The van der Waals surface area contributed by atoms with Crippen LogP contribution in [0.4, 0.5) is 5.82 Å². The lowest BCUT2D eigenvalue weighted by molar-refractivity contribution is 0.301. The molecule has 0 aliphatic rings. The molecule has 0 saturated heterocycles. The van der Waals surface area contributed by atoms with Gasteiger partial charge in [0.1, 0.15) is 5.82 Å². The highest BCUT2D eigenvalue weighted by molar-refractivity contribution is 5.46. The highest BCUT2D eigenvalue weighted by Crippen LogP contribution is 2.18. The number of nitrogens with one attached hydrogen (secondary N) is 1. The third-order valence-electron chi connectivity index (χ3n) is 3.13. The fraction of sp³-hybridized carbons (Fsp3) is 0.688. The van der Waals surface area contributed by atoms with Crippen LogP contribution >= 0.6 is 0 Å². The molecule has 0 aliphatic carbocycles. The van der Waals surface area contributed by atoms with Crippen LogP contribution in [0.3, 0.4) is 0 Å². The van der Waals surface area contributed by atoms with Gasteiger partial charge in [-0.1, -0.05) is 19.4 Å². The SMILES string of the molecule is CCCCN(CCO)c1ncccc1CNC(C)(C)C. The van der Waals surface area contributed by atoms with Gasteiger partial charge in [0.2, 0.25) is 0 Å². The zero-order valence-corrected chi connectivity index (χ0v) is 13.3. The summed E-state index contributed by atoms with van der Waals surface area (Å²) < 4.78 is 0. The highest BCUT2D eigenvalue weighted by atomic mass is 16.3. The van der Waals surface area contributed by atoms with E-state index in [1.54, 1.807) is 0 Å². The summed E-state index contributed by atoms with van der Waals surface area (Å²) >= 11 is 0. The maximum absolute atomic E-state index is 9.26. The quantitative estimate of drug-likeness (QED) is 0.768. The summed E-state index contributed by atoms with van der Waals surface area (Å²) in [5.41, 5.74) is 1.27. The standard InChI is InChI=1S/C16H29N3O/c1-5-6-10-19(11-12-20)15-14(8-7-9-17-15)13-18-16(2,3)4/h7-9,18,20H,5-6,10-13H2,1-4H3. The van der Waals surface area contributed by atoms with Crippen molar-refractivity contribution in [3.8, 4) is 0 Å². The van der Waals surface area contributed by atoms with Crippen molar-refractivity contribution < 1.29 is 5.11 Å². The Morgan fingerprint density at radius 2 is 2.05 bits per heavy atom. The van der Waals surface area contributed by atoms with E-state index in [1.165, 1.54) is 5.56 Å². The Bertz CT molecular complexity index is 388. The molecule has 0 atom stereocenters. The molecule has 0 amide bonds. The van der Waals surface area contributed by atoms with Crippen molar-refractivity contribution in [3.05, 3.63) is 23.9 Å². The fourth-order valence-electron chi connectivity index (χ4n) is 2.01. The van der Waals surface area contributed by atoms with Crippen LogP contribution in [0.1, 0.15) is 46.1 Å². The van der Waals surface area contributed by atoms with Gasteiger partial charge in [0.15, 0.2) is 0 Å². The van der Waals surface area contributed by atoms with Crippen molar-refractivity contribution in [1.82, 2.24) is 10.3 Å². The molecule has 0 saturated carbocycles. The molecule has 0 radical (unpaired) electrons. The number of anilines is 1. The van der Waals surface area contributed by atoms with Gasteiger partial charge in [-0.25, -0.2) is 4.98 Å². The van der Waals surface area contributed by atoms with E-state index in [-0.39, 0.29) is 12.1 Å². The number of hydrogen-bond acceptors (Lipinski definition) is 4. The smallest absolute Gasteiger partial charge is 0.133 e. The van der Waals surface area contributed by atoms with Crippen LogP contribution in [0.2, 0.25) is 0 Å². The van der Waals surface area contributed by atoms with Crippen LogP contribution in [0.25, 0.3) is 0 Å². The molecular weight excluding hydrogens is 250 g/mol. The molecular formula is C16H29N3O. The van der Waals surface area contributed by atoms with E-state index in [2.05, 4.69) is 49.0 Å². The van der Waals surface area contributed by atoms with E-state index in [9.17, 15) is 5.11 Å². The van der Waals surface area contributed by atoms with Crippen molar-refractivity contribution in [2.75, 3.05) is 24.6 Å². The maximum atomic E-state index is 9.26. The third-order valence-corrected chi connectivity index (χ3v) is 3.13. The van der Waals surface area contributed by atoms with E-state index >= 15 is 0 Å². The molecule has 20 heavy (non-hydrogen) atoms. The van der Waals surface area contributed by atoms with E-state index in [1.807, 2.05) is 12.3 Å². The first-order valence-corrected chi connectivity index (χ1v) is 7.52. The second-order valence-corrected chi connectivity index (χ2v) is 6.15. The van der Waals surface area contributed by atoms with E-state index in [0.717, 1.165) is 31.7 Å². The minimum absolute atomic E-state index is 0.0817. The van der Waals surface area contributed by atoms with Crippen LogP contribution in [0.5, 0.6) is 0 Å². The summed E-state index contributed by atoms with van der Waals surface area (Å²) in [7, 11) is 0. The molecule has 0 unspecified atom stereocenters. The Hall–Kier alpha value is -1.13. The number of nitrogens with zero attached hydrogens (tertiary/aromatic N) is 2. The van der Waals surface area contributed by atoms with Crippen molar-refractivity contribution in [1.29, 1.82) is 0 Å². The third kappa shape index (κ3) is 5.88. The molecule has 1 heterocycles. The number of hydrogen-bond donors (Lipinski definition) is 2. The highest BCUT2D eigenvalue weighted by Gasteiger charge is 2.14. The first kappa shape index (κ1) is 16.9. The molecule has 4 heteroatoms. The minimum atomic E-state index is 0.0817. The molecule has 0 bridgehead atoms. The van der Waals surface area contributed by atoms with Crippen LogP contribution < -0.4 is 10.2 Å². The minimum Gasteiger partial charge on any atom is -0.395 e. The Kier molecular flexibility index (Phi) is 6.96. The first-order chi connectivity index (χ1) is 9.48. The van der Waals surface area contributed by atoms with Crippen molar-refractivity contribution in [3.63, 3.8) is 0 Å². The van der Waals surface area contributed by atoms with E-state index in [0.29, 0.717) is 6.54 Å². The predicted octanol–water partition coefficient (Wildman–Crippen LogP) is 2.57. The molecule has 1 rings (SSSR count). The zero-order valence-electron chi connectivity index (χ0n) is 13.3. The Morgan fingerprint density at radius 1 is 1.30 bits per heavy atom. The van der Waals surface area contributed by atoms with Gasteiger partial charge < -0.3 is 15.3 Å². The Morgan fingerprint density at radius 3 is 2.65 bits per heavy atom. The van der Waals surface area contributed by atoms with Crippen molar-refractivity contribution in [2.24, 2.45) is 0 Å². The number of aliphatic hydroxyl groups excluding tert-OH is 1. The normalized spacial score (nSPS) is 11.7. The molecule has 0 fully saturated rings. The van der Waals surface area contributed by atoms with Gasteiger partial charge in [0.25, 0.3) is 0 Å². The number of rotatable bonds is 8. The summed E-state index contributed by atoms with van der Waals surface area (Å²) in [6, 6.07) is 4.08. The molecule has 0 aromatic carbocycles. The second kappa shape index (κ2) is 8.22. The average molecular weight is 279 g/mol. The van der Waals surface area contributed by atoms with Gasteiger partial charge in [-0.05, 0) is 33.3 Å². The van der Waals surface area contributed by atoms with Gasteiger partial charge in [0.05, 0.1) is 6.61 Å². The summed E-state index contributed by atoms with van der Waals surface area (Å²) in [5, 5.41) is 12.8. The summed E-state index contributed by atoms with van der Waals surface area (Å²) in [5.74, 6) is 0.992. The molecule has 1 aromatic rings. The Labute approximate surface area is 123 Å². The zero-order chi connectivity index (χ0) is 15.0. The van der Waals surface area contributed by atoms with Crippen LogP contribution in [0.15, 0.2) is 18.3 Å². The number of aliphatic hydroxyl groups is 1. The maximum Gasteiger partial charge on any atom is 0.133 e. The second-order valence-electron chi connectivity index (χ2n) is 6.15. The fourth-order valence-corrected chi connectivity index (χ4v) is 2.01. The topological polar surface area (TPSA) is 48.4 Å². The summed E-state index contributed by atoms with van der Waals surface area (Å²) in [6.45, 7) is 11.2. The molecule has 4 nitrogen and oxygen atoms in total. The summed E-state index contributed by atoms with van der Waals surface area (Å²) in [6.07, 6.45) is 4.08. The van der Waals surface area contributed by atoms with Gasteiger partial charge in [-0.2, -0.15) is 0 Å². The van der Waals surface area contributed by atoms with Crippen molar-refractivity contribution >= 4 is 5.82 Å². The summed E-state index contributed by atoms with van der Waals surface area (Å²) in [4.78, 5) is 6.71. The van der Waals surface area contributed by atoms with Crippen molar-refractivity contribution in [2.45, 2.75) is 52.6 Å². The Balaban J connectivity index is 2.84. The molecule has 0 aliphatic heterocycles. The lowest BCUT2D eigenvalue weighted by Crippen LogP contribution is -2.36. The van der Waals surface area contributed by atoms with E-state index < -0.39 is 0 Å².